The molecule has 3 rings (SSSR count). The van der Waals surface area contributed by atoms with E-state index in [9.17, 15) is 4.79 Å². The Morgan fingerprint density at radius 3 is 3.00 bits per heavy atom. The first kappa shape index (κ1) is 13.9. The highest BCUT2D eigenvalue weighted by atomic mass is 32.2. The largest absolute Gasteiger partial charge is 0.368 e. The molecule has 2 heterocycles. The van der Waals surface area contributed by atoms with Crippen LogP contribution in [-0.2, 0) is 13.0 Å². The number of carbonyl (C=O) groups excluding carboxylic acids is 1. The number of nitrogens with two attached hydrogens (primary N) is 1. The lowest BCUT2D eigenvalue weighted by Gasteiger charge is -2.28. The van der Waals surface area contributed by atoms with E-state index in [1.165, 1.54) is 0 Å². The molecule has 0 bridgehead atoms. The Balaban J connectivity index is 1.87. The summed E-state index contributed by atoms with van der Waals surface area (Å²) in [4.78, 5) is 23.8. The number of hydrogen-bond donors (Lipinski definition) is 1. The van der Waals surface area contributed by atoms with E-state index in [4.69, 9.17) is 5.73 Å². The maximum Gasteiger partial charge on any atom is 0.255 e. The van der Waals surface area contributed by atoms with E-state index in [1.807, 2.05) is 35.4 Å². The van der Waals surface area contributed by atoms with E-state index in [-0.39, 0.29) is 11.9 Å². The van der Waals surface area contributed by atoms with Crippen LogP contribution >= 0.6 is 11.8 Å². The van der Waals surface area contributed by atoms with Crippen LogP contribution in [0.15, 0.2) is 35.4 Å². The van der Waals surface area contributed by atoms with Crippen LogP contribution in [0.3, 0.4) is 0 Å². The lowest BCUT2D eigenvalue weighted by Crippen LogP contribution is -2.36. The zero-order chi connectivity index (χ0) is 14.8. The minimum absolute atomic E-state index is 0.0442. The van der Waals surface area contributed by atoms with E-state index in [2.05, 4.69) is 9.97 Å². The lowest BCUT2D eigenvalue weighted by molar-refractivity contribution is 0.0728. The maximum atomic E-state index is 12.7. The third kappa shape index (κ3) is 2.71. The summed E-state index contributed by atoms with van der Waals surface area (Å²) in [6, 6.07) is 7.68. The molecule has 0 spiro atoms. The van der Waals surface area contributed by atoms with Crippen molar-refractivity contribution in [3.63, 3.8) is 0 Å². The molecule has 0 atom stereocenters. The zero-order valence-electron chi connectivity index (χ0n) is 11.7. The highest BCUT2D eigenvalue weighted by Crippen LogP contribution is 2.24. The van der Waals surface area contributed by atoms with Crippen LogP contribution < -0.4 is 5.73 Å². The number of nitrogen functional groups attached to an aromatic ring is 1. The van der Waals surface area contributed by atoms with Gasteiger partial charge in [-0.2, -0.15) is 0 Å². The molecule has 0 fully saturated rings. The van der Waals surface area contributed by atoms with E-state index in [0.717, 1.165) is 28.1 Å². The summed E-state index contributed by atoms with van der Waals surface area (Å²) in [5, 5.41) is 0. The average molecular weight is 300 g/mol. The van der Waals surface area contributed by atoms with Crippen molar-refractivity contribution in [3.8, 4) is 0 Å². The smallest absolute Gasteiger partial charge is 0.255 e. The van der Waals surface area contributed by atoms with Crippen molar-refractivity contribution in [2.75, 3.05) is 18.5 Å². The standard InChI is InChI=1S/C15H16N4OS/c1-21-13-5-3-2-4-11(13)14(20)19-7-6-10-8-17-15(16)18-12(10)9-19/h2-5,8H,6-7,9H2,1H3,(H2,16,17,18). The SMILES string of the molecule is CSc1ccccc1C(=O)N1CCc2cnc(N)nc2C1. The van der Waals surface area contributed by atoms with Crippen LogP contribution in [0, 0.1) is 0 Å². The summed E-state index contributed by atoms with van der Waals surface area (Å²) in [6.45, 7) is 1.17. The molecule has 1 aliphatic heterocycles. The Kier molecular flexibility index (Phi) is 3.79. The number of amides is 1. The Morgan fingerprint density at radius 1 is 1.38 bits per heavy atom. The van der Waals surface area contributed by atoms with Gasteiger partial charge in [-0.15, -0.1) is 11.8 Å². The predicted octanol–water partition coefficient (Wildman–Crippen LogP) is 1.98. The summed E-state index contributed by atoms with van der Waals surface area (Å²) in [5.41, 5.74) is 8.30. The molecular weight excluding hydrogens is 284 g/mol. The van der Waals surface area contributed by atoms with Crippen molar-refractivity contribution in [2.45, 2.75) is 17.9 Å². The number of thioether (sulfide) groups is 1. The lowest BCUT2D eigenvalue weighted by atomic mass is 10.1. The second-order valence-corrected chi connectivity index (χ2v) is 5.73. The van der Waals surface area contributed by atoms with Crippen LogP contribution in [0.2, 0.25) is 0 Å². The van der Waals surface area contributed by atoms with Gasteiger partial charge in [0.25, 0.3) is 5.91 Å². The molecule has 108 valence electrons. The van der Waals surface area contributed by atoms with E-state index < -0.39 is 0 Å². The predicted molar refractivity (Wildman–Crippen MR) is 83.1 cm³/mol. The summed E-state index contributed by atoms with van der Waals surface area (Å²) < 4.78 is 0. The van der Waals surface area contributed by atoms with Crippen molar-refractivity contribution in [1.29, 1.82) is 0 Å². The van der Waals surface area contributed by atoms with E-state index >= 15 is 0 Å². The highest BCUT2D eigenvalue weighted by molar-refractivity contribution is 7.98. The number of anilines is 1. The minimum Gasteiger partial charge on any atom is -0.368 e. The van der Waals surface area contributed by atoms with Crippen LogP contribution in [0.1, 0.15) is 21.6 Å². The molecule has 5 nitrogen and oxygen atoms in total. The van der Waals surface area contributed by atoms with Gasteiger partial charge in [0.15, 0.2) is 0 Å². The molecule has 2 aromatic rings. The minimum atomic E-state index is 0.0442. The Labute approximate surface area is 127 Å². The Morgan fingerprint density at radius 2 is 2.19 bits per heavy atom. The third-order valence-electron chi connectivity index (χ3n) is 3.59. The first-order valence-corrected chi connectivity index (χ1v) is 7.94. The average Bonchev–Trinajstić information content (AvgIpc) is 2.53. The van der Waals surface area contributed by atoms with Gasteiger partial charge in [-0.1, -0.05) is 12.1 Å². The number of nitrogens with zero attached hydrogens (tertiary/aromatic N) is 3. The van der Waals surface area contributed by atoms with Crippen LogP contribution in [0.25, 0.3) is 0 Å². The molecule has 0 aliphatic carbocycles. The molecule has 2 N–H and O–H groups in total. The molecule has 1 aliphatic rings. The number of carbonyl (C=O) groups is 1. The van der Waals surface area contributed by atoms with Crippen molar-refractivity contribution in [3.05, 3.63) is 47.3 Å². The molecule has 0 saturated carbocycles. The van der Waals surface area contributed by atoms with Crippen molar-refractivity contribution >= 4 is 23.6 Å². The summed E-state index contributed by atoms with van der Waals surface area (Å²) in [6.07, 6.45) is 4.50. The molecule has 0 radical (unpaired) electrons. The van der Waals surface area contributed by atoms with Gasteiger partial charge in [-0.25, -0.2) is 9.97 Å². The number of hydrogen-bond acceptors (Lipinski definition) is 5. The zero-order valence-corrected chi connectivity index (χ0v) is 12.6. The van der Waals surface area contributed by atoms with Crippen LogP contribution in [0.4, 0.5) is 5.95 Å². The normalized spacial score (nSPS) is 13.9. The third-order valence-corrected chi connectivity index (χ3v) is 4.38. The van der Waals surface area contributed by atoms with Gasteiger partial charge < -0.3 is 10.6 Å². The van der Waals surface area contributed by atoms with Gasteiger partial charge >= 0.3 is 0 Å². The Bertz CT molecular complexity index is 689. The summed E-state index contributed by atoms with van der Waals surface area (Å²) in [5.74, 6) is 0.301. The Hall–Kier alpha value is -2.08. The molecular formula is C15H16N4OS. The van der Waals surface area contributed by atoms with Gasteiger partial charge in [-0.05, 0) is 30.4 Å². The summed E-state index contributed by atoms with van der Waals surface area (Å²) >= 11 is 1.58. The molecule has 6 heteroatoms. The fourth-order valence-electron chi connectivity index (χ4n) is 2.48. The fourth-order valence-corrected chi connectivity index (χ4v) is 3.07. The highest BCUT2D eigenvalue weighted by Gasteiger charge is 2.24. The van der Waals surface area contributed by atoms with Gasteiger partial charge in [0, 0.05) is 17.6 Å². The molecule has 1 aromatic heterocycles. The second-order valence-electron chi connectivity index (χ2n) is 4.88. The number of aromatic nitrogens is 2. The van der Waals surface area contributed by atoms with Gasteiger partial charge in [0.2, 0.25) is 5.95 Å². The van der Waals surface area contributed by atoms with Gasteiger partial charge in [0.05, 0.1) is 17.8 Å². The van der Waals surface area contributed by atoms with Gasteiger partial charge in [0.1, 0.15) is 0 Å². The van der Waals surface area contributed by atoms with Crippen LogP contribution in [0.5, 0.6) is 0 Å². The maximum absolute atomic E-state index is 12.7. The van der Waals surface area contributed by atoms with Crippen molar-refractivity contribution < 1.29 is 4.79 Å². The van der Waals surface area contributed by atoms with Crippen molar-refractivity contribution in [1.82, 2.24) is 14.9 Å². The molecule has 0 unspecified atom stereocenters. The molecule has 21 heavy (non-hydrogen) atoms. The van der Waals surface area contributed by atoms with Crippen molar-refractivity contribution in [2.24, 2.45) is 0 Å². The fraction of sp³-hybridized carbons (Fsp3) is 0.267. The molecule has 1 amide bonds. The topological polar surface area (TPSA) is 72.1 Å². The second kappa shape index (κ2) is 5.73. The first-order chi connectivity index (χ1) is 10.2. The van der Waals surface area contributed by atoms with Gasteiger partial charge in [-0.3, -0.25) is 4.79 Å². The monoisotopic (exact) mass is 300 g/mol. The number of fused-ring (bicyclic) bond motifs is 1. The quantitative estimate of drug-likeness (QED) is 0.859. The number of benzene rings is 1. The molecule has 1 aromatic carbocycles. The first-order valence-electron chi connectivity index (χ1n) is 6.71. The summed E-state index contributed by atoms with van der Waals surface area (Å²) in [7, 11) is 0. The van der Waals surface area contributed by atoms with Crippen LogP contribution in [-0.4, -0.2) is 33.6 Å². The van der Waals surface area contributed by atoms with E-state index in [0.29, 0.717) is 13.1 Å². The van der Waals surface area contributed by atoms with E-state index in [1.54, 1.807) is 18.0 Å². The molecule has 0 saturated heterocycles. The number of rotatable bonds is 2.